The monoisotopic (exact) mass is 1670 g/mol. The molecule has 102 heavy (non-hydrogen) atoms. The first-order chi connectivity index (χ1) is 48.2. The molecule has 1 unspecified atom stereocenters. The minimum absolute atomic E-state index is 0.0223. The smallest absolute Gasteiger partial charge is 0.333 e. The van der Waals surface area contributed by atoms with E-state index in [1.165, 1.54) is 84.4 Å². The summed E-state index contributed by atoms with van der Waals surface area (Å²) in [6.45, 7) is 4.00. The van der Waals surface area contributed by atoms with E-state index in [2.05, 4.69) is 107 Å². The number of nitrogens with one attached hydrogen (secondary N) is 3. The number of carbonyl (C=O) groups is 4. The van der Waals surface area contributed by atoms with Gasteiger partial charge in [0.15, 0.2) is 5.78 Å². The molecule has 546 valence electrons. The zero-order chi connectivity index (χ0) is 73.5. The number of aliphatic hydroxyl groups excluding tert-OH is 4. The molecule has 3 saturated carbocycles. The van der Waals surface area contributed by atoms with Gasteiger partial charge >= 0.3 is 30.9 Å². The van der Waals surface area contributed by atoms with Crippen molar-refractivity contribution in [2.24, 2.45) is 39.1 Å². The summed E-state index contributed by atoms with van der Waals surface area (Å²) in [7, 11) is -12.3. The Balaban J connectivity index is 0.000000166. The Kier molecular flexibility index (Phi) is 26.0. The lowest BCUT2D eigenvalue weighted by atomic mass is 9.90. The number of Topliss-reactive ketones (excluding diaryl/α,β-unsaturated/α-hetero) is 1. The number of thiophene rings is 3. The van der Waals surface area contributed by atoms with Crippen molar-refractivity contribution in [3.8, 4) is 0 Å². The highest BCUT2D eigenvalue weighted by molar-refractivity contribution is 9.10. The number of hydrogen-bond donors (Lipinski definition) is 10. The summed E-state index contributed by atoms with van der Waals surface area (Å²) >= 11 is 16.7. The van der Waals surface area contributed by atoms with E-state index >= 15 is 0 Å². The number of nitrogens with two attached hydrogens (primary N) is 3. The predicted octanol–water partition coefficient (Wildman–Crippen LogP) is 5.14. The van der Waals surface area contributed by atoms with Gasteiger partial charge in [-0.1, -0.05) is 33.6 Å². The number of anilines is 2. The van der Waals surface area contributed by atoms with E-state index in [9.17, 15) is 64.9 Å². The molecule has 0 bridgehead atoms. The third-order valence-corrected chi connectivity index (χ3v) is 23.1. The Hall–Kier alpha value is -6.29. The Bertz CT molecular complexity index is 4740. The van der Waals surface area contributed by atoms with Crippen molar-refractivity contribution in [2.45, 2.75) is 108 Å². The minimum atomic E-state index is -4.19. The third-order valence-electron chi connectivity index (χ3n) is 17.4. The maximum absolute atomic E-state index is 13.7. The molecular weight excluding hydrogens is 1600 g/mol. The minimum Gasteiger partial charge on any atom is -0.393 e. The van der Waals surface area contributed by atoms with Gasteiger partial charge in [-0.25, -0.2) is 50.3 Å². The van der Waals surface area contributed by atoms with Gasteiger partial charge in [0.1, 0.15) is 45.7 Å². The highest BCUT2D eigenvalue weighted by Gasteiger charge is 2.43. The molecule has 1 aromatic carbocycles. The molecule has 3 fully saturated rings. The van der Waals surface area contributed by atoms with Crippen LogP contribution in [0, 0.1) is 30.6 Å². The number of aromatic nitrogens is 8. The third kappa shape index (κ3) is 20.6. The number of aliphatic hydroxyl groups is 4. The number of fused-ring (bicyclic) bond motifs is 1. The molecule has 7 aromatic heterocycles. The largest absolute Gasteiger partial charge is 0.393 e. The van der Waals surface area contributed by atoms with Crippen molar-refractivity contribution in [1.29, 1.82) is 0 Å². The number of hydrogen-bond acceptors (Lipinski definition) is 30. The molecule has 0 spiro atoms. The fourth-order valence-corrected chi connectivity index (χ4v) is 17.6. The predicted molar refractivity (Wildman–Crippen MR) is 383 cm³/mol. The second-order valence-electron chi connectivity index (χ2n) is 24.7. The second-order valence-corrected chi connectivity index (χ2v) is 33.9. The Labute approximate surface area is 619 Å². The topological polar surface area (TPSA) is 489 Å². The first-order valence-electron chi connectivity index (χ1n) is 31.2. The second kappa shape index (κ2) is 33.9. The number of benzene rings is 1. The first-order valence-corrected chi connectivity index (χ1v) is 40.1. The highest BCUT2D eigenvalue weighted by atomic mass is 79.9. The van der Waals surface area contributed by atoms with Gasteiger partial charge in [0.05, 0.1) is 93.6 Å². The number of rotatable bonds is 25. The number of aryl methyl sites for hydroxylation is 1. The van der Waals surface area contributed by atoms with Crippen molar-refractivity contribution >= 4 is 143 Å². The maximum atomic E-state index is 13.7. The molecule has 8 aromatic rings. The van der Waals surface area contributed by atoms with Crippen LogP contribution in [0.15, 0.2) is 101 Å². The van der Waals surface area contributed by atoms with E-state index < -0.39 is 79.0 Å². The summed E-state index contributed by atoms with van der Waals surface area (Å²) in [6, 6.07) is 10.4. The van der Waals surface area contributed by atoms with E-state index in [-0.39, 0.29) is 105 Å². The summed E-state index contributed by atoms with van der Waals surface area (Å²) < 4.78 is 84.0. The van der Waals surface area contributed by atoms with Gasteiger partial charge in [-0.15, -0.1) is 34.0 Å². The average molecular weight is 1670 g/mol. The zero-order valence-corrected chi connectivity index (χ0v) is 62.8. The molecule has 11 atom stereocenters. The number of ketones is 4. The van der Waals surface area contributed by atoms with Crippen LogP contribution in [-0.4, -0.2) is 171 Å². The van der Waals surface area contributed by atoms with Gasteiger partial charge in [-0.05, 0) is 139 Å². The number of carbonyl (C=O) groups excluding carboxylic acids is 4. The molecule has 8 heterocycles. The summed E-state index contributed by atoms with van der Waals surface area (Å²) in [5.74, 6) is -2.07. The van der Waals surface area contributed by atoms with E-state index in [0.29, 0.717) is 59.7 Å². The molecule has 40 heteroatoms. The molecule has 4 aliphatic rings. The normalized spacial score (nSPS) is 22.6. The molecule has 3 aliphatic carbocycles. The lowest BCUT2D eigenvalue weighted by Gasteiger charge is -2.27. The molecule has 0 saturated heterocycles. The molecule has 1 aliphatic heterocycles. The average Bonchev–Trinajstić information content (AvgIpc) is 1.57. The Morgan fingerprint density at radius 3 is 1.88 bits per heavy atom. The molecule has 13 N–H and O–H groups in total. The lowest BCUT2D eigenvalue weighted by Crippen LogP contribution is -2.36. The number of halogens is 3. The molecule has 0 amide bonds. The van der Waals surface area contributed by atoms with Gasteiger partial charge < -0.3 is 40.9 Å². The highest BCUT2D eigenvalue weighted by Crippen LogP contribution is 2.40. The fourth-order valence-electron chi connectivity index (χ4n) is 12.5. The van der Waals surface area contributed by atoms with Crippen LogP contribution < -0.4 is 31.4 Å². The van der Waals surface area contributed by atoms with Crippen LogP contribution in [0.2, 0.25) is 4.34 Å². The SMILES string of the molecule is CC(=O)c1cc(C(=O)c2cncnc2N[C@@H]2C[C@H](COS(N)(=O)=O)[C@@H](O)C2)sc1Cl.Cc1sc(C(=O)c2cncnc2N[C@@H]2C[C@H](COS(N)(=O)=O)[C@@H](O)[C@H]2O)cc1C1NCCc2ccc(Br)cc21.NS(=O)(=O)OC[C@H]1C[C@@H](Cc2ncncc2C(=O)c2cc(Cn3cnc(Br)c3)cs2)C[C@@H]1O. The van der Waals surface area contributed by atoms with Crippen molar-refractivity contribution in [3.05, 3.63) is 175 Å². The summed E-state index contributed by atoms with van der Waals surface area (Å²) in [5.41, 5.74) is 6.17. The van der Waals surface area contributed by atoms with Crippen LogP contribution in [0.5, 0.6) is 0 Å². The number of nitrogens with zero attached hydrogens (tertiary/aromatic N) is 8. The summed E-state index contributed by atoms with van der Waals surface area (Å²) in [6.07, 6.45) is 11.0. The van der Waals surface area contributed by atoms with Crippen molar-refractivity contribution in [3.63, 3.8) is 0 Å². The van der Waals surface area contributed by atoms with E-state index in [1.54, 1.807) is 6.33 Å². The number of imidazole rings is 1. The van der Waals surface area contributed by atoms with Crippen LogP contribution in [-0.2, 0) is 62.8 Å². The lowest BCUT2D eigenvalue weighted by molar-refractivity contribution is 0.00778. The Morgan fingerprint density at radius 1 is 0.676 bits per heavy atom. The van der Waals surface area contributed by atoms with Gasteiger partial charge in [-0.2, -0.15) is 25.3 Å². The summed E-state index contributed by atoms with van der Waals surface area (Å²) in [5, 5.41) is 67.7. The molecule has 12 rings (SSSR count). The van der Waals surface area contributed by atoms with Crippen LogP contribution in [0.4, 0.5) is 11.6 Å². The van der Waals surface area contributed by atoms with Gasteiger partial charge in [0, 0.05) is 76.6 Å². The van der Waals surface area contributed by atoms with Crippen LogP contribution in [0.3, 0.4) is 0 Å². The Morgan fingerprint density at radius 2 is 1.26 bits per heavy atom. The van der Waals surface area contributed by atoms with Gasteiger partial charge in [0.2, 0.25) is 17.3 Å². The quantitative estimate of drug-likeness (QED) is 0.0331. The molecule has 0 radical (unpaired) electrons. The van der Waals surface area contributed by atoms with Crippen LogP contribution >= 0.6 is 77.5 Å². The standard InChI is InChI=1S/C25H28BrN5O6S2.C20H22BrN5O5S2.C17H19ClN4O6S2/c1-12-16(21-17-7-15(26)3-2-13(17)4-5-29-21)8-20(38-12)23(33)18-9-28-11-30-25(18)31-19-6-14(22(32)24(19)34)10-37-39(27,35)36;21-19-7-26(11-25-19)6-13-4-18(32-9-13)20(28)15-5-23-10-24-16(15)2-12-1-14(17(27)3-12)8-31-33(22,29)30;1-8(23)11-4-14(29-16(11)18)15(25)12-5-20-7-21-17(12)22-10-2-9(13(24)3-10)6-28-30(19,26)27/h2-3,7-9,11,14,19,21-22,24,29,32,34H,4-6,10H2,1H3,(H2,27,35,36)(H,28,30,31);4-5,7,9-12,14,17,27H,1-3,6,8H2,(H2,22,29,30);4-5,7,9-10,13,24H,2-3,6H2,1H3,(H2,19,26,27)(H,20,21,22)/t14-,19-,21?,22-,24+;12-,14+,17-;9-,10-,13+/m101/s1. The van der Waals surface area contributed by atoms with Crippen LogP contribution in [0.1, 0.15) is 134 Å². The van der Waals surface area contributed by atoms with Gasteiger partial charge in [0.25, 0.3) is 0 Å². The zero-order valence-electron chi connectivity index (χ0n) is 54.0. The summed E-state index contributed by atoms with van der Waals surface area (Å²) in [4.78, 5) is 82.6. The molecular formula is C62H69Br2ClN14O17S6. The fraction of sp³-hybridized carbons (Fsp3) is 0.403. The van der Waals surface area contributed by atoms with Crippen molar-refractivity contribution in [1.82, 2.24) is 44.8 Å². The van der Waals surface area contributed by atoms with Gasteiger partial charge in [-0.3, -0.25) is 31.7 Å². The van der Waals surface area contributed by atoms with Crippen molar-refractivity contribution < 1.29 is 77.4 Å². The molecule has 31 nitrogen and oxygen atoms in total. The van der Waals surface area contributed by atoms with E-state index in [4.69, 9.17) is 27.0 Å². The van der Waals surface area contributed by atoms with Crippen LogP contribution in [0.25, 0.3) is 0 Å². The maximum Gasteiger partial charge on any atom is 0.333 e. The first kappa shape index (κ1) is 78.3. The van der Waals surface area contributed by atoms with E-state index in [1.807, 2.05) is 41.3 Å². The van der Waals surface area contributed by atoms with E-state index in [0.717, 1.165) is 49.4 Å². The van der Waals surface area contributed by atoms with Crippen molar-refractivity contribution in [2.75, 3.05) is 37.0 Å².